The number of nitrogens with one attached hydrogen (secondary N) is 2. The highest BCUT2D eigenvalue weighted by Crippen LogP contribution is 2.14. The van der Waals surface area contributed by atoms with Gasteiger partial charge in [-0.1, -0.05) is 12.5 Å². The molecule has 146 valence electrons. The number of hydrogen-bond donors (Lipinski definition) is 3. The number of anilines is 1. The average Bonchev–Trinajstić information content (AvgIpc) is 3.29. The standard InChI is InChI=1S/C7H7N3O.C7H15NO.C3H4O.CH5N/c1-3-6-5(4-11)7(8-2)10-9-6;1-8-5-3-4-7(8)6-9-2;1-2-3-4;1-2/h1,4H,2H3,(H2,8,9,10);7H,3-6H2,1-2H3;2-3H,1H2;2H2,1H3. The zero-order chi connectivity index (χ0) is 20.4. The predicted molar refractivity (Wildman–Crippen MR) is 105 cm³/mol. The van der Waals surface area contributed by atoms with Crippen molar-refractivity contribution in [2.24, 2.45) is 5.73 Å². The van der Waals surface area contributed by atoms with Gasteiger partial charge in [-0.3, -0.25) is 14.7 Å². The second-order valence-electron chi connectivity index (χ2n) is 4.98. The van der Waals surface area contributed by atoms with E-state index in [1.54, 1.807) is 14.2 Å². The van der Waals surface area contributed by atoms with Crippen LogP contribution < -0.4 is 11.1 Å². The number of methoxy groups -OCH3 is 1. The molecule has 1 unspecified atom stereocenters. The number of rotatable bonds is 5. The summed E-state index contributed by atoms with van der Waals surface area (Å²) in [7, 11) is 7.10. The molecule has 0 bridgehead atoms. The molecular weight excluding hydrogens is 334 g/mol. The summed E-state index contributed by atoms with van der Waals surface area (Å²) in [5, 5.41) is 9.04. The van der Waals surface area contributed by atoms with Crippen LogP contribution in [0.5, 0.6) is 0 Å². The molecular formula is C18H31N5O3. The average molecular weight is 365 g/mol. The van der Waals surface area contributed by atoms with Crippen LogP contribution in [0.3, 0.4) is 0 Å². The van der Waals surface area contributed by atoms with Gasteiger partial charge in [-0.15, -0.1) is 6.42 Å². The molecule has 0 saturated carbocycles. The highest BCUT2D eigenvalue weighted by atomic mass is 16.5. The predicted octanol–water partition coefficient (Wildman–Crippen LogP) is 0.918. The number of carbonyl (C=O) groups is 2. The molecule has 4 N–H and O–H groups in total. The summed E-state index contributed by atoms with van der Waals surface area (Å²) in [6.07, 6.45) is 10.2. The molecule has 0 amide bonds. The number of likely N-dealkylation sites (N-methyl/N-ethyl adjacent to an activating group) is 1. The lowest BCUT2D eigenvalue weighted by atomic mass is 10.2. The highest BCUT2D eigenvalue weighted by Gasteiger charge is 2.19. The van der Waals surface area contributed by atoms with E-state index in [9.17, 15) is 4.79 Å². The Labute approximate surface area is 156 Å². The van der Waals surface area contributed by atoms with E-state index in [1.807, 2.05) is 0 Å². The Balaban J connectivity index is 0. The minimum atomic E-state index is 0.398. The van der Waals surface area contributed by atoms with Gasteiger partial charge in [0.05, 0.1) is 12.2 Å². The second-order valence-corrected chi connectivity index (χ2v) is 4.98. The minimum Gasteiger partial charge on any atom is -0.383 e. The Hall–Kier alpha value is -2.47. The first-order valence-corrected chi connectivity index (χ1v) is 8.10. The van der Waals surface area contributed by atoms with Gasteiger partial charge in [0.15, 0.2) is 12.1 Å². The normalized spacial score (nSPS) is 14.8. The number of terminal acetylenes is 1. The molecule has 1 aromatic rings. The molecule has 8 nitrogen and oxygen atoms in total. The van der Waals surface area contributed by atoms with Gasteiger partial charge in [-0.2, -0.15) is 5.10 Å². The van der Waals surface area contributed by atoms with Gasteiger partial charge in [0.1, 0.15) is 12.0 Å². The van der Waals surface area contributed by atoms with E-state index in [2.05, 4.69) is 45.7 Å². The van der Waals surface area contributed by atoms with Crippen molar-refractivity contribution in [1.82, 2.24) is 15.1 Å². The van der Waals surface area contributed by atoms with E-state index in [-0.39, 0.29) is 0 Å². The largest absolute Gasteiger partial charge is 0.383 e. The Morgan fingerprint density at radius 1 is 1.54 bits per heavy atom. The molecule has 1 aliphatic rings. The first-order chi connectivity index (χ1) is 12.6. The first kappa shape index (κ1) is 25.8. The molecule has 26 heavy (non-hydrogen) atoms. The van der Waals surface area contributed by atoms with E-state index >= 15 is 0 Å². The number of nitrogens with zero attached hydrogens (tertiary/aromatic N) is 2. The summed E-state index contributed by atoms with van der Waals surface area (Å²) in [6, 6.07) is 0.690. The monoisotopic (exact) mass is 365 g/mol. The van der Waals surface area contributed by atoms with Crippen molar-refractivity contribution < 1.29 is 14.3 Å². The molecule has 1 aromatic heterocycles. The SMILES string of the molecule is C#Cc1[nH]nc(NC)c1C=O.C=CC=O.CN.COCC1CCCN1C. The van der Waals surface area contributed by atoms with Gasteiger partial charge in [-0.05, 0) is 39.6 Å². The van der Waals surface area contributed by atoms with Crippen LogP contribution in [0, 0.1) is 12.3 Å². The molecule has 1 atom stereocenters. The van der Waals surface area contributed by atoms with E-state index in [0.717, 1.165) is 6.61 Å². The number of H-pyrrole nitrogens is 1. The van der Waals surface area contributed by atoms with Crippen molar-refractivity contribution in [3.05, 3.63) is 23.9 Å². The van der Waals surface area contributed by atoms with Gasteiger partial charge in [-0.25, -0.2) is 0 Å². The van der Waals surface area contributed by atoms with Crippen LogP contribution in [0.1, 0.15) is 28.9 Å². The lowest BCUT2D eigenvalue weighted by Crippen LogP contribution is -2.28. The van der Waals surface area contributed by atoms with E-state index < -0.39 is 0 Å². The summed E-state index contributed by atoms with van der Waals surface area (Å²) in [6.45, 7) is 5.25. The van der Waals surface area contributed by atoms with Crippen molar-refractivity contribution in [2.75, 3.05) is 46.7 Å². The molecule has 0 aromatic carbocycles. The van der Waals surface area contributed by atoms with Crippen LogP contribution in [-0.4, -0.2) is 75.1 Å². The van der Waals surface area contributed by atoms with E-state index in [4.69, 9.17) is 16.0 Å². The minimum absolute atomic E-state index is 0.398. The van der Waals surface area contributed by atoms with Gasteiger partial charge in [0.25, 0.3) is 0 Å². The summed E-state index contributed by atoms with van der Waals surface area (Å²) >= 11 is 0. The Morgan fingerprint density at radius 2 is 2.15 bits per heavy atom. The van der Waals surface area contributed by atoms with Gasteiger partial charge in [0.2, 0.25) is 0 Å². The number of ether oxygens (including phenoxy) is 1. The molecule has 2 heterocycles. The Morgan fingerprint density at radius 3 is 2.50 bits per heavy atom. The fourth-order valence-corrected chi connectivity index (χ4v) is 2.15. The number of allylic oxidation sites excluding steroid dienone is 1. The zero-order valence-corrected chi connectivity index (χ0v) is 16.1. The van der Waals surface area contributed by atoms with E-state index in [0.29, 0.717) is 35.7 Å². The molecule has 0 spiro atoms. The van der Waals surface area contributed by atoms with Crippen molar-refractivity contribution in [1.29, 1.82) is 0 Å². The van der Waals surface area contributed by atoms with Crippen molar-refractivity contribution >= 4 is 18.4 Å². The molecule has 8 heteroatoms. The van der Waals surface area contributed by atoms with Crippen LogP contribution in [0.15, 0.2) is 12.7 Å². The smallest absolute Gasteiger partial charge is 0.159 e. The zero-order valence-electron chi connectivity index (χ0n) is 16.1. The Kier molecular flexibility index (Phi) is 17.2. The van der Waals surface area contributed by atoms with Crippen LogP contribution >= 0.6 is 0 Å². The number of nitrogens with two attached hydrogens (primary N) is 1. The van der Waals surface area contributed by atoms with Crippen molar-refractivity contribution in [3.8, 4) is 12.3 Å². The fraction of sp³-hybridized carbons (Fsp3) is 0.500. The fourth-order valence-electron chi connectivity index (χ4n) is 2.15. The number of likely N-dealkylation sites (tertiary alicyclic amines) is 1. The topological polar surface area (TPSA) is 113 Å². The molecule has 0 radical (unpaired) electrons. The lowest BCUT2D eigenvalue weighted by molar-refractivity contribution is -0.104. The molecule has 2 rings (SSSR count). The van der Waals surface area contributed by atoms with Crippen molar-refractivity contribution in [2.45, 2.75) is 18.9 Å². The third kappa shape index (κ3) is 9.74. The number of hydrogen-bond acceptors (Lipinski definition) is 7. The lowest BCUT2D eigenvalue weighted by Gasteiger charge is -2.17. The van der Waals surface area contributed by atoms with Crippen LogP contribution in [0.2, 0.25) is 0 Å². The first-order valence-electron chi connectivity index (χ1n) is 8.10. The summed E-state index contributed by atoms with van der Waals surface area (Å²) in [4.78, 5) is 21.9. The third-order valence-corrected chi connectivity index (χ3v) is 3.43. The maximum atomic E-state index is 10.4. The molecule has 0 aliphatic carbocycles. The van der Waals surface area contributed by atoms with Gasteiger partial charge < -0.3 is 20.7 Å². The Bertz CT molecular complexity index is 546. The van der Waals surface area contributed by atoms with Crippen LogP contribution in [0.25, 0.3) is 0 Å². The highest BCUT2D eigenvalue weighted by molar-refractivity contribution is 5.85. The van der Waals surface area contributed by atoms with Crippen LogP contribution in [-0.2, 0) is 9.53 Å². The number of carbonyl (C=O) groups excluding carboxylic acids is 2. The summed E-state index contributed by atoms with van der Waals surface area (Å²) in [5.41, 5.74) is 5.30. The number of aromatic nitrogens is 2. The van der Waals surface area contributed by atoms with Crippen LogP contribution in [0.4, 0.5) is 5.82 Å². The van der Waals surface area contributed by atoms with Gasteiger partial charge in [0, 0.05) is 20.2 Å². The summed E-state index contributed by atoms with van der Waals surface area (Å²) < 4.78 is 5.05. The third-order valence-electron chi connectivity index (χ3n) is 3.43. The molecule has 1 fully saturated rings. The maximum absolute atomic E-state index is 10.4. The molecule has 1 saturated heterocycles. The summed E-state index contributed by atoms with van der Waals surface area (Å²) in [5.74, 6) is 2.79. The van der Waals surface area contributed by atoms with Crippen molar-refractivity contribution in [3.63, 3.8) is 0 Å². The van der Waals surface area contributed by atoms with Gasteiger partial charge >= 0.3 is 0 Å². The second kappa shape index (κ2) is 17.4. The number of aromatic amines is 1. The van der Waals surface area contributed by atoms with E-state index in [1.165, 1.54) is 32.5 Å². The number of aldehydes is 2. The maximum Gasteiger partial charge on any atom is 0.159 e. The molecule has 1 aliphatic heterocycles. The quantitative estimate of drug-likeness (QED) is 0.404.